The summed E-state index contributed by atoms with van der Waals surface area (Å²) in [5.74, 6) is 0.471. The molecule has 3 rings (SSSR count). The van der Waals surface area contributed by atoms with Crippen LogP contribution in [0.1, 0.15) is 25.3 Å². The van der Waals surface area contributed by atoms with Gasteiger partial charge in [0.2, 0.25) is 0 Å². The summed E-state index contributed by atoms with van der Waals surface area (Å²) < 4.78 is 27.1. The van der Waals surface area contributed by atoms with Crippen LogP contribution >= 0.6 is 23.6 Å². The van der Waals surface area contributed by atoms with E-state index < -0.39 is 10.0 Å². The number of nitrogens with one attached hydrogen (secondary N) is 3. The van der Waals surface area contributed by atoms with Crippen LogP contribution in [0.25, 0.3) is 0 Å². The highest BCUT2D eigenvalue weighted by atomic mass is 32.2. The normalized spacial score (nSPS) is 11.2. The summed E-state index contributed by atoms with van der Waals surface area (Å²) in [5, 5.41) is 8.62. The lowest BCUT2D eigenvalue weighted by Crippen LogP contribution is -2.19. The number of nitrogens with zero attached hydrogens (tertiary/aromatic N) is 1. The van der Waals surface area contributed by atoms with Gasteiger partial charge in [-0.15, -0.1) is 11.3 Å². The third-order valence-electron chi connectivity index (χ3n) is 3.91. The molecule has 9 heteroatoms. The first-order valence-corrected chi connectivity index (χ1v) is 11.3. The van der Waals surface area contributed by atoms with Gasteiger partial charge < -0.3 is 10.6 Å². The largest absolute Gasteiger partial charge is 0.332 e. The minimum atomic E-state index is -3.67. The fourth-order valence-corrected chi connectivity index (χ4v) is 4.43. The third kappa shape index (κ3) is 5.28. The molecule has 0 bridgehead atoms. The van der Waals surface area contributed by atoms with Crippen molar-refractivity contribution in [2.45, 2.75) is 24.7 Å². The van der Waals surface area contributed by atoms with E-state index >= 15 is 0 Å². The molecule has 2 aromatic carbocycles. The van der Waals surface area contributed by atoms with E-state index in [1.54, 1.807) is 23.7 Å². The van der Waals surface area contributed by atoms with Crippen molar-refractivity contribution in [3.05, 3.63) is 65.7 Å². The van der Waals surface area contributed by atoms with Crippen LogP contribution in [-0.2, 0) is 10.0 Å². The minimum absolute atomic E-state index is 0.149. The minimum Gasteiger partial charge on any atom is -0.332 e. The smallest absolute Gasteiger partial charge is 0.263 e. The van der Waals surface area contributed by atoms with Crippen molar-refractivity contribution in [2.75, 3.05) is 15.4 Å². The molecule has 28 heavy (non-hydrogen) atoms. The van der Waals surface area contributed by atoms with Crippen LogP contribution in [0.3, 0.4) is 0 Å². The van der Waals surface area contributed by atoms with E-state index in [2.05, 4.69) is 46.3 Å². The first kappa shape index (κ1) is 20.2. The molecule has 0 radical (unpaired) electrons. The summed E-state index contributed by atoms with van der Waals surface area (Å²) in [6, 6.07) is 14.4. The number of hydrogen-bond acceptors (Lipinski definition) is 5. The van der Waals surface area contributed by atoms with Crippen molar-refractivity contribution in [2.24, 2.45) is 0 Å². The maximum Gasteiger partial charge on any atom is 0.263 e. The van der Waals surface area contributed by atoms with E-state index in [4.69, 9.17) is 12.2 Å². The Kier molecular flexibility index (Phi) is 6.28. The molecule has 0 atom stereocenters. The Labute approximate surface area is 174 Å². The molecular formula is C19H20N4O2S3. The summed E-state index contributed by atoms with van der Waals surface area (Å²) in [5.41, 5.74) is 2.82. The fourth-order valence-electron chi connectivity index (χ4n) is 2.41. The number of thiocarbonyl (C=S) groups is 1. The van der Waals surface area contributed by atoms with Gasteiger partial charge in [0.15, 0.2) is 10.2 Å². The zero-order valence-electron chi connectivity index (χ0n) is 15.3. The van der Waals surface area contributed by atoms with Gasteiger partial charge in [0.05, 0.1) is 4.90 Å². The maximum atomic E-state index is 12.3. The second-order valence-corrected chi connectivity index (χ2v) is 9.31. The predicted molar refractivity (Wildman–Crippen MR) is 120 cm³/mol. The topological polar surface area (TPSA) is 83.1 Å². The molecular weight excluding hydrogens is 412 g/mol. The molecule has 0 spiro atoms. The summed E-state index contributed by atoms with van der Waals surface area (Å²) in [7, 11) is -3.67. The van der Waals surface area contributed by atoms with Crippen LogP contribution in [-0.4, -0.2) is 18.5 Å². The molecule has 6 nitrogen and oxygen atoms in total. The van der Waals surface area contributed by atoms with Crippen molar-refractivity contribution < 1.29 is 8.42 Å². The van der Waals surface area contributed by atoms with Crippen molar-refractivity contribution in [1.82, 2.24) is 4.98 Å². The van der Waals surface area contributed by atoms with E-state index in [-0.39, 0.29) is 4.90 Å². The Morgan fingerprint density at radius 1 is 1.00 bits per heavy atom. The summed E-state index contributed by atoms with van der Waals surface area (Å²) in [6.45, 7) is 4.29. The average Bonchev–Trinajstić information content (AvgIpc) is 3.15. The van der Waals surface area contributed by atoms with Gasteiger partial charge >= 0.3 is 0 Å². The molecule has 0 unspecified atom stereocenters. The summed E-state index contributed by atoms with van der Waals surface area (Å²) in [6.07, 6.45) is 1.54. The molecule has 0 aliphatic carbocycles. The van der Waals surface area contributed by atoms with Crippen molar-refractivity contribution in [3.63, 3.8) is 0 Å². The number of thiazole rings is 1. The van der Waals surface area contributed by atoms with Gasteiger partial charge in [-0.3, -0.25) is 4.72 Å². The molecule has 0 amide bonds. The van der Waals surface area contributed by atoms with Crippen LogP contribution in [0.4, 0.5) is 16.5 Å². The van der Waals surface area contributed by atoms with E-state index in [1.807, 2.05) is 12.1 Å². The first-order valence-electron chi connectivity index (χ1n) is 8.54. The second-order valence-electron chi connectivity index (χ2n) is 6.32. The molecule has 3 N–H and O–H groups in total. The fraction of sp³-hybridized carbons (Fsp3) is 0.158. The highest BCUT2D eigenvalue weighted by Crippen LogP contribution is 2.20. The summed E-state index contributed by atoms with van der Waals surface area (Å²) >= 11 is 6.55. The molecule has 1 heterocycles. The number of benzene rings is 2. The Morgan fingerprint density at radius 3 is 2.07 bits per heavy atom. The Hall–Kier alpha value is -2.49. The quantitative estimate of drug-likeness (QED) is 0.482. The van der Waals surface area contributed by atoms with Crippen molar-refractivity contribution in [3.8, 4) is 0 Å². The third-order valence-corrected chi connectivity index (χ3v) is 6.29. The van der Waals surface area contributed by atoms with E-state index in [0.717, 1.165) is 5.69 Å². The number of aromatic nitrogens is 1. The van der Waals surface area contributed by atoms with E-state index in [0.29, 0.717) is 21.8 Å². The lowest BCUT2D eigenvalue weighted by molar-refractivity contribution is 0.601. The number of rotatable bonds is 6. The van der Waals surface area contributed by atoms with Crippen LogP contribution in [0.2, 0.25) is 0 Å². The molecule has 0 saturated heterocycles. The van der Waals surface area contributed by atoms with Gasteiger partial charge in [0.25, 0.3) is 10.0 Å². The van der Waals surface area contributed by atoms with Crippen LogP contribution < -0.4 is 15.4 Å². The number of anilines is 3. The zero-order valence-corrected chi connectivity index (χ0v) is 17.8. The standard InChI is InChI=1S/C19H20N4O2S3/c1-13(2)14-3-5-15(6-4-14)21-18(26)22-16-7-9-17(10-8-16)28(24,25)23-19-20-11-12-27-19/h3-13H,1-2H3,(H,20,23)(H2,21,22,26). The SMILES string of the molecule is CC(C)c1ccc(NC(=S)Nc2ccc(S(=O)(=O)Nc3nccs3)cc2)cc1. The highest BCUT2D eigenvalue weighted by molar-refractivity contribution is 7.93. The molecule has 146 valence electrons. The molecule has 1 aromatic heterocycles. The van der Waals surface area contributed by atoms with Gasteiger partial charge in [-0.05, 0) is 60.1 Å². The lowest BCUT2D eigenvalue weighted by Gasteiger charge is -2.12. The highest BCUT2D eigenvalue weighted by Gasteiger charge is 2.15. The van der Waals surface area contributed by atoms with Gasteiger partial charge in [-0.25, -0.2) is 13.4 Å². The molecule has 0 saturated carbocycles. The monoisotopic (exact) mass is 432 g/mol. The maximum absolute atomic E-state index is 12.3. The van der Waals surface area contributed by atoms with E-state index in [9.17, 15) is 8.42 Å². The molecule has 0 aliphatic rings. The van der Waals surface area contributed by atoms with Gasteiger partial charge in [-0.1, -0.05) is 26.0 Å². The molecule has 0 aliphatic heterocycles. The second kappa shape index (κ2) is 8.68. The Balaban J connectivity index is 1.61. The first-order chi connectivity index (χ1) is 13.3. The molecule has 0 fully saturated rings. The Bertz CT molecular complexity index is 1030. The lowest BCUT2D eigenvalue weighted by atomic mass is 10.0. The van der Waals surface area contributed by atoms with Crippen molar-refractivity contribution >= 4 is 55.2 Å². The van der Waals surface area contributed by atoms with Crippen molar-refractivity contribution in [1.29, 1.82) is 0 Å². The Morgan fingerprint density at radius 2 is 1.57 bits per heavy atom. The average molecular weight is 433 g/mol. The molecule has 3 aromatic rings. The van der Waals surface area contributed by atoms with Crippen LogP contribution in [0.5, 0.6) is 0 Å². The zero-order chi connectivity index (χ0) is 20.1. The van der Waals surface area contributed by atoms with Gasteiger partial charge in [-0.2, -0.15) is 0 Å². The van der Waals surface area contributed by atoms with E-state index in [1.165, 1.54) is 29.0 Å². The van der Waals surface area contributed by atoms with Gasteiger partial charge in [0.1, 0.15) is 0 Å². The van der Waals surface area contributed by atoms with Crippen LogP contribution in [0, 0.1) is 0 Å². The number of hydrogen-bond donors (Lipinski definition) is 3. The predicted octanol–water partition coefficient (Wildman–Crippen LogP) is 4.88. The summed E-state index contributed by atoms with van der Waals surface area (Å²) in [4.78, 5) is 4.08. The van der Waals surface area contributed by atoms with Crippen LogP contribution in [0.15, 0.2) is 65.0 Å². The number of sulfonamides is 1. The van der Waals surface area contributed by atoms with Gasteiger partial charge in [0, 0.05) is 23.0 Å².